The van der Waals surface area contributed by atoms with E-state index in [0.717, 1.165) is 18.9 Å². The molecule has 2 aromatic rings. The van der Waals surface area contributed by atoms with Crippen LogP contribution in [0.25, 0.3) is 0 Å². The molecule has 7 heteroatoms. The van der Waals surface area contributed by atoms with Gasteiger partial charge in [0.1, 0.15) is 13.2 Å². The van der Waals surface area contributed by atoms with Crippen LogP contribution in [0.3, 0.4) is 0 Å². The third-order valence-electron chi connectivity index (χ3n) is 4.16. The molecule has 1 fully saturated rings. The summed E-state index contributed by atoms with van der Waals surface area (Å²) in [5.41, 5.74) is 1.12. The molecule has 0 atom stereocenters. The number of morpholine rings is 1. The van der Waals surface area contributed by atoms with E-state index >= 15 is 0 Å². The minimum Gasteiger partial charge on any atom is -0.486 e. The van der Waals surface area contributed by atoms with Crippen LogP contribution in [-0.4, -0.2) is 50.4 Å². The molecule has 0 bridgehead atoms. The summed E-state index contributed by atoms with van der Waals surface area (Å²) in [5.74, 6) is 1.59. The maximum absolute atomic E-state index is 12.8. The van der Waals surface area contributed by atoms with Crippen molar-refractivity contribution >= 4 is 17.4 Å². The van der Waals surface area contributed by atoms with Gasteiger partial charge in [-0.05, 0) is 24.3 Å². The molecule has 2 aliphatic rings. The van der Waals surface area contributed by atoms with Gasteiger partial charge in [0.05, 0.1) is 24.5 Å². The van der Waals surface area contributed by atoms with Crippen molar-refractivity contribution in [3.63, 3.8) is 0 Å². The number of ether oxygens (including phenoxy) is 3. The minimum absolute atomic E-state index is 0.246. The highest BCUT2D eigenvalue weighted by Crippen LogP contribution is 2.34. The summed E-state index contributed by atoms with van der Waals surface area (Å²) in [6, 6.07) is 8.97. The summed E-state index contributed by atoms with van der Waals surface area (Å²) in [6.07, 6.45) is 1.72. The fourth-order valence-electron chi connectivity index (χ4n) is 2.96. The number of hydrogen-bond donors (Lipinski definition) is 1. The van der Waals surface area contributed by atoms with Crippen molar-refractivity contribution < 1.29 is 19.0 Å². The van der Waals surface area contributed by atoms with Crippen LogP contribution in [-0.2, 0) is 4.74 Å². The van der Waals surface area contributed by atoms with Crippen LogP contribution in [0.4, 0.5) is 11.5 Å². The topological polar surface area (TPSA) is 72.9 Å². The second-order valence-corrected chi connectivity index (χ2v) is 5.76. The lowest BCUT2D eigenvalue weighted by molar-refractivity contribution is 0.101. The number of hydrogen-bond acceptors (Lipinski definition) is 6. The average molecular weight is 341 g/mol. The normalized spacial score (nSPS) is 16.4. The smallest absolute Gasteiger partial charge is 0.259 e. The molecule has 0 aliphatic carbocycles. The van der Waals surface area contributed by atoms with Crippen molar-refractivity contribution in [1.29, 1.82) is 0 Å². The number of amides is 1. The van der Waals surface area contributed by atoms with Crippen molar-refractivity contribution in [1.82, 2.24) is 4.98 Å². The number of fused-ring (bicyclic) bond motifs is 1. The molecule has 25 heavy (non-hydrogen) atoms. The average Bonchev–Trinajstić information content (AvgIpc) is 2.68. The predicted molar refractivity (Wildman–Crippen MR) is 92.7 cm³/mol. The van der Waals surface area contributed by atoms with Crippen LogP contribution in [0.5, 0.6) is 11.5 Å². The van der Waals surface area contributed by atoms with Crippen molar-refractivity contribution in [2.45, 2.75) is 0 Å². The fourth-order valence-corrected chi connectivity index (χ4v) is 2.96. The molecular formula is C18H19N3O4. The first-order valence-corrected chi connectivity index (χ1v) is 8.30. The van der Waals surface area contributed by atoms with Gasteiger partial charge in [-0.1, -0.05) is 6.07 Å². The predicted octanol–water partition coefficient (Wildman–Crippen LogP) is 1.94. The fraction of sp³-hybridized carbons (Fsp3) is 0.333. The molecule has 1 saturated heterocycles. The van der Waals surface area contributed by atoms with Crippen LogP contribution in [0.1, 0.15) is 10.4 Å². The quantitative estimate of drug-likeness (QED) is 0.920. The maximum Gasteiger partial charge on any atom is 0.259 e. The Morgan fingerprint density at radius 2 is 1.88 bits per heavy atom. The summed E-state index contributed by atoms with van der Waals surface area (Å²) in [4.78, 5) is 19.3. The third-order valence-corrected chi connectivity index (χ3v) is 4.16. The Labute approximate surface area is 145 Å². The summed E-state index contributed by atoms with van der Waals surface area (Å²) in [6.45, 7) is 3.73. The van der Waals surface area contributed by atoms with Crippen molar-refractivity contribution in [2.75, 3.05) is 49.7 Å². The number of nitrogens with one attached hydrogen (secondary N) is 1. The van der Waals surface area contributed by atoms with Gasteiger partial charge < -0.3 is 24.4 Å². The van der Waals surface area contributed by atoms with E-state index < -0.39 is 0 Å². The molecule has 130 valence electrons. The molecule has 3 heterocycles. The van der Waals surface area contributed by atoms with Crippen molar-refractivity contribution in [3.8, 4) is 11.5 Å². The minimum atomic E-state index is -0.246. The van der Waals surface area contributed by atoms with Gasteiger partial charge in [-0.25, -0.2) is 4.98 Å². The van der Waals surface area contributed by atoms with E-state index in [0.29, 0.717) is 49.2 Å². The standard InChI is InChI=1S/C18H19N3O4/c22-18(13-3-1-5-15-16(13)25-12-11-24-15)20-14-4-2-6-19-17(14)21-7-9-23-10-8-21/h1-6H,7-12H2,(H,20,22). The van der Waals surface area contributed by atoms with Crippen LogP contribution in [0.15, 0.2) is 36.5 Å². The largest absolute Gasteiger partial charge is 0.486 e. The number of para-hydroxylation sites is 1. The molecule has 0 unspecified atom stereocenters. The van der Waals surface area contributed by atoms with Gasteiger partial charge in [-0.15, -0.1) is 0 Å². The number of benzene rings is 1. The Balaban J connectivity index is 1.60. The summed E-state index contributed by atoms with van der Waals surface area (Å²) in [7, 11) is 0. The van der Waals surface area contributed by atoms with E-state index in [1.165, 1.54) is 0 Å². The van der Waals surface area contributed by atoms with Crippen molar-refractivity contribution in [3.05, 3.63) is 42.1 Å². The first-order chi connectivity index (χ1) is 12.3. The molecule has 1 N–H and O–H groups in total. The molecule has 4 rings (SSSR count). The monoisotopic (exact) mass is 341 g/mol. The van der Waals surface area contributed by atoms with E-state index in [-0.39, 0.29) is 5.91 Å². The highest BCUT2D eigenvalue weighted by Gasteiger charge is 2.22. The van der Waals surface area contributed by atoms with Crippen LogP contribution < -0.4 is 19.7 Å². The number of carbonyl (C=O) groups excluding carboxylic acids is 1. The number of carbonyl (C=O) groups is 1. The van der Waals surface area contributed by atoms with Gasteiger partial charge in [0.25, 0.3) is 5.91 Å². The number of anilines is 2. The third kappa shape index (κ3) is 3.23. The lowest BCUT2D eigenvalue weighted by atomic mass is 10.1. The first-order valence-electron chi connectivity index (χ1n) is 8.30. The molecule has 1 aromatic carbocycles. The van der Waals surface area contributed by atoms with Gasteiger partial charge in [0.15, 0.2) is 17.3 Å². The Morgan fingerprint density at radius 1 is 1.04 bits per heavy atom. The van der Waals surface area contributed by atoms with E-state index in [4.69, 9.17) is 14.2 Å². The van der Waals surface area contributed by atoms with Gasteiger partial charge in [-0.3, -0.25) is 4.79 Å². The zero-order chi connectivity index (χ0) is 17.1. The van der Waals surface area contributed by atoms with Crippen LogP contribution >= 0.6 is 0 Å². The molecule has 7 nitrogen and oxygen atoms in total. The van der Waals surface area contributed by atoms with Crippen LogP contribution in [0.2, 0.25) is 0 Å². The van der Waals surface area contributed by atoms with E-state index in [1.54, 1.807) is 30.5 Å². The number of nitrogens with zero attached hydrogens (tertiary/aromatic N) is 2. The second kappa shape index (κ2) is 6.98. The zero-order valence-electron chi connectivity index (χ0n) is 13.7. The van der Waals surface area contributed by atoms with Crippen molar-refractivity contribution in [2.24, 2.45) is 0 Å². The van der Waals surface area contributed by atoms with Gasteiger partial charge >= 0.3 is 0 Å². The second-order valence-electron chi connectivity index (χ2n) is 5.76. The highest BCUT2D eigenvalue weighted by atomic mass is 16.6. The molecule has 2 aliphatic heterocycles. The lowest BCUT2D eigenvalue weighted by Crippen LogP contribution is -2.37. The molecule has 0 saturated carbocycles. The van der Waals surface area contributed by atoms with E-state index in [1.807, 2.05) is 6.07 Å². The van der Waals surface area contributed by atoms with Gasteiger partial charge in [-0.2, -0.15) is 0 Å². The van der Waals surface area contributed by atoms with Gasteiger partial charge in [0, 0.05) is 19.3 Å². The summed E-state index contributed by atoms with van der Waals surface area (Å²) < 4.78 is 16.6. The number of rotatable bonds is 3. The summed E-state index contributed by atoms with van der Waals surface area (Å²) in [5, 5.41) is 2.95. The Morgan fingerprint density at radius 3 is 2.76 bits per heavy atom. The van der Waals surface area contributed by atoms with Crippen LogP contribution in [0, 0.1) is 0 Å². The Kier molecular flexibility index (Phi) is 4.39. The molecule has 0 spiro atoms. The molecule has 1 aromatic heterocycles. The molecule has 1 amide bonds. The zero-order valence-corrected chi connectivity index (χ0v) is 13.7. The SMILES string of the molecule is O=C(Nc1cccnc1N1CCOCC1)c1cccc2c1OCCO2. The van der Waals surface area contributed by atoms with Gasteiger partial charge in [0.2, 0.25) is 0 Å². The van der Waals surface area contributed by atoms with E-state index in [2.05, 4.69) is 15.2 Å². The Bertz CT molecular complexity index is 775. The first kappa shape index (κ1) is 15.7. The Hall–Kier alpha value is -2.80. The maximum atomic E-state index is 12.8. The molecular weight excluding hydrogens is 322 g/mol. The lowest BCUT2D eigenvalue weighted by Gasteiger charge is -2.29. The van der Waals surface area contributed by atoms with E-state index in [9.17, 15) is 4.79 Å². The number of pyridine rings is 1. The highest BCUT2D eigenvalue weighted by molar-refractivity contribution is 6.08. The molecule has 0 radical (unpaired) electrons. The summed E-state index contributed by atoms with van der Waals surface area (Å²) >= 11 is 0. The number of aromatic nitrogens is 1.